The lowest BCUT2D eigenvalue weighted by atomic mass is 9.76. The number of ether oxygens (including phenoxy) is 5. The van der Waals surface area contributed by atoms with Crippen molar-refractivity contribution < 1.29 is 42.5 Å². The van der Waals surface area contributed by atoms with E-state index in [9.17, 15) is 9.59 Å². The molecule has 9 heterocycles. The second kappa shape index (κ2) is 20.6. The van der Waals surface area contributed by atoms with Crippen molar-refractivity contribution >= 4 is 34.4 Å². The topological polar surface area (TPSA) is 178 Å². The smallest absolute Gasteiger partial charge is 0.324 e. The Morgan fingerprint density at radius 1 is 0.961 bits per heavy atom. The van der Waals surface area contributed by atoms with Gasteiger partial charge in [0.1, 0.15) is 30.1 Å². The third-order valence-corrected chi connectivity index (χ3v) is 18.5. The van der Waals surface area contributed by atoms with Gasteiger partial charge in [0.05, 0.1) is 67.5 Å². The number of anilines is 1. The third kappa shape index (κ3) is 10.4. The van der Waals surface area contributed by atoms with Gasteiger partial charge in [-0.05, 0) is 94.9 Å². The summed E-state index contributed by atoms with van der Waals surface area (Å²) in [7, 11) is 1.74. The molecule has 1 spiro atoms. The number of hydrogen-bond donors (Lipinski definition) is 2. The Morgan fingerprint density at radius 2 is 1.74 bits per heavy atom. The number of carbonyl (C=O) groups is 3. The van der Waals surface area contributed by atoms with Gasteiger partial charge < -0.3 is 42.9 Å². The van der Waals surface area contributed by atoms with Gasteiger partial charge in [0.15, 0.2) is 0 Å². The molecular weight excluding hydrogens is 979 g/mol. The van der Waals surface area contributed by atoms with Crippen molar-refractivity contribution in [3.05, 3.63) is 53.9 Å². The number of methoxy groups -OCH3 is 1. The summed E-state index contributed by atoms with van der Waals surface area (Å²) >= 11 is 0. The van der Waals surface area contributed by atoms with Crippen LogP contribution in [0.25, 0.3) is 33.4 Å². The lowest BCUT2D eigenvalue weighted by Gasteiger charge is -2.57. The molecule has 3 aromatic heterocycles. The molecule has 4 aromatic rings. The van der Waals surface area contributed by atoms with Crippen LogP contribution in [-0.4, -0.2) is 163 Å². The highest BCUT2D eigenvalue weighted by atomic mass is 16.5. The molecule has 416 valence electrons. The zero-order valence-corrected chi connectivity index (χ0v) is 46.6. The first-order valence-corrected chi connectivity index (χ1v) is 28.7. The highest BCUT2D eigenvalue weighted by molar-refractivity contribution is 5.96. The molecule has 0 radical (unpaired) electrons. The number of carbonyl (C=O) groups excluding carboxylic acids is 3. The molecule has 18 nitrogen and oxygen atoms in total. The number of cyclic esters (lactones) is 1. The van der Waals surface area contributed by atoms with Crippen LogP contribution in [0.1, 0.15) is 116 Å². The lowest BCUT2D eigenvalue weighted by molar-refractivity contribution is -0.204. The molecule has 2 amide bonds. The van der Waals surface area contributed by atoms with Crippen LogP contribution < -0.4 is 15.6 Å². The number of pyridine rings is 1. The van der Waals surface area contributed by atoms with E-state index in [1.54, 1.807) is 13.4 Å². The Labute approximate surface area is 453 Å². The fraction of sp³-hybridized carbons (Fsp3) is 0.678. The van der Waals surface area contributed by atoms with Gasteiger partial charge in [-0.2, -0.15) is 0 Å². The van der Waals surface area contributed by atoms with E-state index in [1.165, 1.54) is 17.9 Å². The SMILES string of the molecule is CO[C@@H](C)c1ncc(N2CCN(C3CC3)CC2)cc1-c1c2c3cc(ccc3n1CCO[C@H]1CCOC(C)(C)C1)-c1coc(n1)[C@@H](N1CC3(COC3)C1)[C@H](NC(=O)C1[C@@H](C)[C@H]1C)C(=O)N1CCC[C@H](N1)C(=O)OCC(C)(C)C2. The zero-order chi connectivity index (χ0) is 53.5. The van der Waals surface area contributed by atoms with Crippen molar-refractivity contribution in [3.63, 3.8) is 0 Å². The van der Waals surface area contributed by atoms with E-state index in [1.807, 2.05) is 6.20 Å². The summed E-state index contributed by atoms with van der Waals surface area (Å²) in [6.07, 6.45) is 9.28. The van der Waals surface area contributed by atoms with E-state index in [4.69, 9.17) is 38.1 Å². The minimum absolute atomic E-state index is 0.0235. The number of nitrogens with one attached hydrogen (secondary N) is 2. The van der Waals surface area contributed by atoms with Crippen LogP contribution in [0.4, 0.5) is 5.69 Å². The second-order valence-corrected chi connectivity index (χ2v) is 25.5. The Morgan fingerprint density at radius 3 is 2.44 bits per heavy atom. The van der Waals surface area contributed by atoms with Gasteiger partial charge in [-0.1, -0.05) is 33.8 Å². The normalized spacial score (nSPS) is 29.8. The Balaban J connectivity index is 1.00. The predicted octanol–water partition coefficient (Wildman–Crippen LogP) is 6.71. The van der Waals surface area contributed by atoms with E-state index < -0.39 is 29.5 Å². The van der Waals surface area contributed by atoms with E-state index >= 15 is 4.79 Å². The molecule has 18 heteroatoms. The molecular formula is C59H81N9O9. The number of benzene rings is 1. The molecule has 2 N–H and O–H groups in total. The van der Waals surface area contributed by atoms with Crippen LogP contribution in [0.15, 0.2) is 41.1 Å². The Hall–Kier alpha value is -4.95. The summed E-state index contributed by atoms with van der Waals surface area (Å²) < 4.78 is 40.1. The Kier molecular flexibility index (Phi) is 14.1. The molecule has 6 bridgehead atoms. The maximum Gasteiger partial charge on any atom is 0.324 e. The minimum atomic E-state index is -1.07. The van der Waals surface area contributed by atoms with Gasteiger partial charge in [0, 0.05) is 117 Å². The molecule has 2 aliphatic carbocycles. The first-order chi connectivity index (χ1) is 37.0. The first-order valence-electron chi connectivity index (χ1n) is 28.7. The summed E-state index contributed by atoms with van der Waals surface area (Å²) in [5.74, 6) is -0.427. The van der Waals surface area contributed by atoms with Gasteiger partial charge in [-0.15, -0.1) is 0 Å². The molecule has 5 saturated heterocycles. The highest BCUT2D eigenvalue weighted by Crippen LogP contribution is 2.48. The Bertz CT molecular complexity index is 2850. The van der Waals surface area contributed by atoms with Crippen molar-refractivity contribution in [2.75, 3.05) is 90.9 Å². The van der Waals surface area contributed by atoms with Crippen molar-refractivity contribution in [1.82, 2.24) is 40.1 Å². The molecule has 12 rings (SSSR count). The van der Waals surface area contributed by atoms with Crippen molar-refractivity contribution in [3.8, 4) is 22.5 Å². The average molecular weight is 1060 g/mol. The van der Waals surface area contributed by atoms with Crippen LogP contribution in [0, 0.1) is 28.6 Å². The van der Waals surface area contributed by atoms with Crippen LogP contribution in [0.2, 0.25) is 0 Å². The summed E-state index contributed by atoms with van der Waals surface area (Å²) in [4.78, 5) is 61.7. The van der Waals surface area contributed by atoms with E-state index in [0.717, 1.165) is 89.7 Å². The number of oxazole rings is 1. The number of esters is 1. The monoisotopic (exact) mass is 1060 g/mol. The number of aromatic nitrogens is 3. The molecule has 77 heavy (non-hydrogen) atoms. The predicted molar refractivity (Wildman–Crippen MR) is 290 cm³/mol. The van der Waals surface area contributed by atoms with Crippen LogP contribution >= 0.6 is 0 Å². The number of rotatable bonds is 12. The van der Waals surface area contributed by atoms with E-state index in [2.05, 4.69) is 103 Å². The molecule has 1 aromatic carbocycles. The molecule has 1 unspecified atom stereocenters. The number of piperazine rings is 1. The number of amides is 2. The second-order valence-electron chi connectivity index (χ2n) is 25.5. The van der Waals surface area contributed by atoms with Crippen molar-refractivity contribution in [1.29, 1.82) is 0 Å². The number of nitrogens with zero attached hydrogens (tertiary/aromatic N) is 7. The summed E-state index contributed by atoms with van der Waals surface area (Å²) in [5, 5.41) is 5.78. The van der Waals surface area contributed by atoms with E-state index in [-0.39, 0.29) is 59.4 Å². The fourth-order valence-electron chi connectivity index (χ4n) is 13.5. The van der Waals surface area contributed by atoms with Crippen LogP contribution in [0.5, 0.6) is 0 Å². The van der Waals surface area contributed by atoms with Gasteiger partial charge >= 0.3 is 5.97 Å². The molecule has 8 aliphatic rings. The third-order valence-electron chi connectivity index (χ3n) is 18.5. The average Bonchev–Trinajstić information content (AvgIpc) is 4.27. The quantitative estimate of drug-likeness (QED) is 0.143. The highest BCUT2D eigenvalue weighted by Gasteiger charge is 2.56. The van der Waals surface area contributed by atoms with Crippen LogP contribution in [0.3, 0.4) is 0 Å². The van der Waals surface area contributed by atoms with Crippen molar-refractivity contribution in [2.45, 2.75) is 142 Å². The zero-order valence-electron chi connectivity index (χ0n) is 46.6. The van der Waals surface area contributed by atoms with Crippen molar-refractivity contribution in [2.24, 2.45) is 28.6 Å². The van der Waals surface area contributed by atoms with Gasteiger partial charge in [-0.3, -0.25) is 34.2 Å². The lowest BCUT2D eigenvalue weighted by Crippen LogP contribution is -2.70. The molecule has 2 saturated carbocycles. The van der Waals surface area contributed by atoms with Gasteiger partial charge in [0.25, 0.3) is 5.91 Å². The maximum absolute atomic E-state index is 15.2. The molecule has 8 atom stereocenters. The molecule has 7 fully saturated rings. The van der Waals surface area contributed by atoms with Gasteiger partial charge in [0.2, 0.25) is 11.8 Å². The fourth-order valence-corrected chi connectivity index (χ4v) is 13.5. The maximum atomic E-state index is 15.2. The number of hydrogen-bond acceptors (Lipinski definition) is 15. The minimum Gasteiger partial charge on any atom is -0.464 e. The summed E-state index contributed by atoms with van der Waals surface area (Å²) in [5.41, 5.74) is 9.93. The first kappa shape index (κ1) is 52.7. The molecule has 6 aliphatic heterocycles. The summed E-state index contributed by atoms with van der Waals surface area (Å²) in [6.45, 7) is 23.4. The number of likely N-dealkylation sites (tertiary alicyclic amines) is 1. The number of fused-ring (bicyclic) bond motifs is 6. The standard InChI is InChI=1S/C59H81N9O9/c1-35-36(2)48(35)53(69)62-50-52(66-30-59(31-66)33-73-34-59)54-61-46(29-75-54)38-11-14-47-42(24-38)44(27-57(4,5)32-76-56(71)45-10-9-16-68(63-45)55(50)70)51(67(47)21-23-74-41-15-22-77-58(6,7)26-41)43-25-40(28-60-49(43)37(3)72-8)65-19-17-64(18-20-65)39-12-13-39/h11,14,24-25,28-29,35-37,39,41,45,48,50,52,63H,9-10,12-13,15-23,26-27,30-34H2,1-8H3,(H,62,69)/t35-,36+,37-,41-,45-,48?,50-,52-/m0/s1. The van der Waals surface area contributed by atoms with Gasteiger partial charge in [-0.25, -0.2) is 10.4 Å². The number of hydrazine groups is 1. The largest absolute Gasteiger partial charge is 0.464 e. The summed E-state index contributed by atoms with van der Waals surface area (Å²) in [6, 6.07) is 6.97. The van der Waals surface area contributed by atoms with E-state index in [0.29, 0.717) is 83.5 Å². The van der Waals surface area contributed by atoms with Crippen LogP contribution in [-0.2, 0) is 51.0 Å².